The quantitative estimate of drug-likeness (QED) is 0.823. The Labute approximate surface area is 122 Å². The van der Waals surface area contributed by atoms with Crippen LogP contribution in [0.2, 0.25) is 0 Å². The molecule has 114 valence electrons. The lowest BCUT2D eigenvalue weighted by Gasteiger charge is -2.28. The third-order valence-electron chi connectivity index (χ3n) is 4.20. The Bertz CT molecular complexity index is 798. The average molecular weight is 291 g/mol. The molecule has 0 fully saturated rings. The molecule has 0 unspecified atom stereocenters. The van der Waals surface area contributed by atoms with E-state index in [2.05, 4.69) is 16.8 Å². The van der Waals surface area contributed by atoms with Crippen LogP contribution in [0.5, 0.6) is 0 Å². The molecule has 0 aliphatic carbocycles. The van der Waals surface area contributed by atoms with E-state index in [4.69, 9.17) is 0 Å². The first-order valence-corrected chi connectivity index (χ1v) is 7.47. The number of hydrogen-bond donors (Lipinski definition) is 0. The second kappa shape index (κ2) is 5.05. The van der Waals surface area contributed by atoms with Gasteiger partial charge < -0.3 is 9.47 Å². The molecule has 1 aliphatic heterocycles. The summed E-state index contributed by atoms with van der Waals surface area (Å²) in [4.78, 5) is 31.3. The van der Waals surface area contributed by atoms with Gasteiger partial charge in [0.25, 0.3) is 5.56 Å². The number of fused-ring (bicyclic) bond motifs is 3. The van der Waals surface area contributed by atoms with Crippen LogP contribution in [0.3, 0.4) is 0 Å². The van der Waals surface area contributed by atoms with Gasteiger partial charge in [-0.3, -0.25) is 13.9 Å². The van der Waals surface area contributed by atoms with Crippen LogP contribution in [0.1, 0.15) is 26.2 Å². The van der Waals surface area contributed by atoms with E-state index in [-0.39, 0.29) is 11.2 Å². The van der Waals surface area contributed by atoms with E-state index in [0.29, 0.717) is 11.2 Å². The van der Waals surface area contributed by atoms with Gasteiger partial charge in [-0.25, -0.2) is 4.79 Å². The number of unbranched alkanes of at least 4 members (excludes halogenated alkanes) is 1. The maximum Gasteiger partial charge on any atom is 0.332 e. The molecule has 0 spiro atoms. The molecular weight excluding hydrogens is 270 g/mol. The van der Waals surface area contributed by atoms with Crippen molar-refractivity contribution in [2.75, 3.05) is 18.0 Å². The van der Waals surface area contributed by atoms with E-state index in [9.17, 15) is 9.59 Å². The van der Waals surface area contributed by atoms with Crippen molar-refractivity contribution >= 4 is 17.1 Å². The van der Waals surface area contributed by atoms with E-state index in [0.717, 1.165) is 49.4 Å². The summed E-state index contributed by atoms with van der Waals surface area (Å²) in [7, 11) is 3.18. The maximum atomic E-state index is 12.4. The molecular formula is C14H21N5O2. The molecule has 3 rings (SSSR count). The molecule has 0 N–H and O–H groups in total. The molecule has 0 bridgehead atoms. The van der Waals surface area contributed by atoms with Gasteiger partial charge in [0.2, 0.25) is 5.95 Å². The molecule has 0 atom stereocenters. The van der Waals surface area contributed by atoms with Crippen LogP contribution in [0.25, 0.3) is 11.2 Å². The van der Waals surface area contributed by atoms with Crippen molar-refractivity contribution in [3.63, 3.8) is 0 Å². The number of rotatable bonds is 3. The van der Waals surface area contributed by atoms with Gasteiger partial charge in [0.05, 0.1) is 0 Å². The van der Waals surface area contributed by atoms with Gasteiger partial charge in [-0.05, 0) is 12.8 Å². The van der Waals surface area contributed by atoms with Crippen molar-refractivity contribution < 1.29 is 0 Å². The largest absolute Gasteiger partial charge is 0.342 e. The number of aryl methyl sites for hydroxylation is 2. The highest BCUT2D eigenvalue weighted by atomic mass is 16.2. The molecule has 7 nitrogen and oxygen atoms in total. The van der Waals surface area contributed by atoms with Crippen molar-refractivity contribution in [3.05, 3.63) is 20.8 Å². The highest BCUT2D eigenvalue weighted by Gasteiger charge is 2.24. The SMILES string of the molecule is CCCCN1CCCn2c1nc1c2c(=O)n(C)c(=O)n1C. The van der Waals surface area contributed by atoms with Crippen molar-refractivity contribution in [1.82, 2.24) is 18.7 Å². The number of aromatic nitrogens is 4. The summed E-state index contributed by atoms with van der Waals surface area (Å²) in [5.74, 6) is 0.822. The summed E-state index contributed by atoms with van der Waals surface area (Å²) >= 11 is 0. The molecule has 2 aromatic rings. The fraction of sp³-hybridized carbons (Fsp3) is 0.643. The first kappa shape index (κ1) is 13.9. The summed E-state index contributed by atoms with van der Waals surface area (Å²) in [5.41, 5.74) is 0.435. The minimum Gasteiger partial charge on any atom is -0.342 e. The summed E-state index contributed by atoms with van der Waals surface area (Å²) < 4.78 is 4.58. The van der Waals surface area contributed by atoms with Crippen LogP contribution in [0, 0.1) is 0 Å². The highest BCUT2D eigenvalue weighted by Crippen LogP contribution is 2.24. The first-order valence-electron chi connectivity index (χ1n) is 7.47. The second-order valence-electron chi connectivity index (χ2n) is 5.64. The lowest BCUT2D eigenvalue weighted by molar-refractivity contribution is 0.554. The molecule has 3 heterocycles. The van der Waals surface area contributed by atoms with Crippen LogP contribution >= 0.6 is 0 Å². The first-order chi connectivity index (χ1) is 10.1. The Balaban J connectivity index is 2.26. The van der Waals surface area contributed by atoms with Gasteiger partial charge in [0.1, 0.15) is 0 Å². The summed E-state index contributed by atoms with van der Waals surface area (Å²) in [6, 6.07) is 0. The maximum absolute atomic E-state index is 12.4. The van der Waals surface area contributed by atoms with Crippen molar-refractivity contribution in [2.24, 2.45) is 14.1 Å². The predicted molar refractivity (Wildman–Crippen MR) is 82.0 cm³/mol. The third-order valence-corrected chi connectivity index (χ3v) is 4.20. The highest BCUT2D eigenvalue weighted by molar-refractivity contribution is 5.74. The molecule has 0 radical (unpaired) electrons. The van der Waals surface area contributed by atoms with E-state index < -0.39 is 0 Å². The van der Waals surface area contributed by atoms with Gasteiger partial charge in [0, 0.05) is 33.7 Å². The summed E-state index contributed by atoms with van der Waals surface area (Å²) in [6.07, 6.45) is 3.21. The fourth-order valence-electron chi connectivity index (χ4n) is 2.97. The van der Waals surface area contributed by atoms with Crippen molar-refractivity contribution in [1.29, 1.82) is 0 Å². The average Bonchev–Trinajstić information content (AvgIpc) is 2.89. The molecule has 7 heteroatoms. The Kier molecular flexibility index (Phi) is 3.35. The van der Waals surface area contributed by atoms with Gasteiger partial charge >= 0.3 is 5.69 Å². The van der Waals surface area contributed by atoms with E-state index in [1.165, 1.54) is 11.6 Å². The van der Waals surface area contributed by atoms with Crippen LogP contribution in [-0.4, -0.2) is 31.8 Å². The Morgan fingerprint density at radius 1 is 1.14 bits per heavy atom. The molecule has 0 saturated heterocycles. The van der Waals surface area contributed by atoms with Gasteiger partial charge in [0.15, 0.2) is 11.2 Å². The zero-order valence-electron chi connectivity index (χ0n) is 12.8. The standard InChI is InChI=1S/C14H21N5O2/c1-4-5-7-18-8-6-9-19-10-11(15-13(18)19)16(2)14(21)17(3)12(10)20/h4-9H2,1-3H3. The third kappa shape index (κ3) is 1.99. The van der Waals surface area contributed by atoms with Crippen LogP contribution < -0.4 is 16.1 Å². The fourth-order valence-corrected chi connectivity index (χ4v) is 2.97. The Hall–Kier alpha value is -2.05. The zero-order chi connectivity index (χ0) is 15.1. The topological polar surface area (TPSA) is 65.1 Å². The van der Waals surface area contributed by atoms with Crippen molar-refractivity contribution in [3.8, 4) is 0 Å². The van der Waals surface area contributed by atoms with Gasteiger partial charge in [-0.2, -0.15) is 4.98 Å². The van der Waals surface area contributed by atoms with Gasteiger partial charge in [-0.1, -0.05) is 13.3 Å². The van der Waals surface area contributed by atoms with E-state index in [1.54, 1.807) is 7.05 Å². The Morgan fingerprint density at radius 3 is 2.62 bits per heavy atom. The molecule has 1 aliphatic rings. The minimum atomic E-state index is -0.331. The summed E-state index contributed by atoms with van der Waals surface area (Å²) in [5, 5.41) is 0. The number of imidazole rings is 1. The van der Waals surface area contributed by atoms with Crippen molar-refractivity contribution in [2.45, 2.75) is 32.7 Å². The Morgan fingerprint density at radius 2 is 1.90 bits per heavy atom. The van der Waals surface area contributed by atoms with Crippen LogP contribution in [0.4, 0.5) is 5.95 Å². The lowest BCUT2D eigenvalue weighted by atomic mass is 10.2. The molecule has 21 heavy (non-hydrogen) atoms. The second-order valence-corrected chi connectivity index (χ2v) is 5.64. The molecule has 2 aromatic heterocycles. The molecule has 0 amide bonds. The number of anilines is 1. The van der Waals surface area contributed by atoms with E-state index >= 15 is 0 Å². The molecule has 0 aromatic carbocycles. The predicted octanol–water partition coefficient (Wildman–Crippen LogP) is 0.444. The van der Waals surface area contributed by atoms with Gasteiger partial charge in [-0.15, -0.1) is 0 Å². The monoisotopic (exact) mass is 291 g/mol. The summed E-state index contributed by atoms with van der Waals surface area (Å²) in [6.45, 7) is 4.83. The smallest absolute Gasteiger partial charge is 0.332 e. The van der Waals surface area contributed by atoms with Crippen LogP contribution in [-0.2, 0) is 20.6 Å². The van der Waals surface area contributed by atoms with Crippen LogP contribution in [0.15, 0.2) is 9.59 Å². The minimum absolute atomic E-state index is 0.260. The number of nitrogens with zero attached hydrogens (tertiary/aromatic N) is 5. The molecule has 0 saturated carbocycles. The zero-order valence-corrected chi connectivity index (χ0v) is 12.8. The lowest BCUT2D eigenvalue weighted by Crippen LogP contribution is -2.38. The van der Waals surface area contributed by atoms with E-state index in [1.807, 2.05) is 4.57 Å². The number of hydrogen-bond acceptors (Lipinski definition) is 4. The normalized spacial score (nSPS) is 14.7.